The van der Waals surface area contributed by atoms with Crippen molar-refractivity contribution < 1.29 is 8.42 Å². The molecule has 6 heteroatoms. The van der Waals surface area contributed by atoms with E-state index in [-0.39, 0.29) is 17.3 Å². The normalized spacial score (nSPS) is 13.3. The summed E-state index contributed by atoms with van der Waals surface area (Å²) in [6.45, 7) is 1.73. The highest BCUT2D eigenvalue weighted by Crippen LogP contribution is 2.29. The van der Waals surface area contributed by atoms with Crippen LogP contribution in [0.1, 0.15) is 11.1 Å². The molecule has 0 aliphatic carbocycles. The number of benzene rings is 3. The van der Waals surface area contributed by atoms with Crippen LogP contribution >= 0.6 is 12.4 Å². The number of sulfonamides is 1. The van der Waals surface area contributed by atoms with Crippen LogP contribution in [0.4, 0.5) is 5.69 Å². The number of nitrogens with one attached hydrogen (secondary N) is 2. The molecule has 0 unspecified atom stereocenters. The first kappa shape index (κ1) is 19.4. The van der Waals surface area contributed by atoms with Gasteiger partial charge in [0.2, 0.25) is 0 Å². The van der Waals surface area contributed by atoms with Crippen molar-refractivity contribution in [1.82, 2.24) is 5.32 Å². The smallest absolute Gasteiger partial charge is 0.262 e. The number of rotatable bonds is 4. The van der Waals surface area contributed by atoms with Gasteiger partial charge in [-0.05, 0) is 47.9 Å². The molecule has 2 N–H and O–H groups in total. The Bertz CT molecular complexity index is 1040. The molecule has 4 rings (SSSR count). The van der Waals surface area contributed by atoms with Gasteiger partial charge in [-0.25, -0.2) is 8.42 Å². The van der Waals surface area contributed by atoms with E-state index in [0.29, 0.717) is 11.3 Å². The molecule has 0 spiro atoms. The molecule has 0 fully saturated rings. The summed E-state index contributed by atoms with van der Waals surface area (Å²) in [4.78, 5) is 0.280. The van der Waals surface area contributed by atoms with Crippen LogP contribution in [0.5, 0.6) is 0 Å². The molecule has 0 radical (unpaired) electrons. The molecule has 0 saturated heterocycles. The van der Waals surface area contributed by atoms with Crippen molar-refractivity contribution in [2.24, 2.45) is 0 Å². The fourth-order valence-electron chi connectivity index (χ4n) is 3.31. The molecule has 27 heavy (non-hydrogen) atoms. The minimum atomic E-state index is -3.69. The molecule has 3 aromatic carbocycles. The zero-order valence-electron chi connectivity index (χ0n) is 14.7. The first-order valence-electron chi connectivity index (χ1n) is 8.63. The Morgan fingerprint density at radius 3 is 2.41 bits per heavy atom. The van der Waals surface area contributed by atoms with Gasteiger partial charge < -0.3 is 5.32 Å². The summed E-state index contributed by atoms with van der Waals surface area (Å²) in [5.74, 6) is 0. The van der Waals surface area contributed by atoms with Crippen molar-refractivity contribution >= 4 is 28.1 Å². The van der Waals surface area contributed by atoms with E-state index in [0.717, 1.165) is 30.6 Å². The fraction of sp³-hybridized carbons (Fsp3) is 0.143. The van der Waals surface area contributed by atoms with Gasteiger partial charge in [-0.2, -0.15) is 0 Å². The summed E-state index contributed by atoms with van der Waals surface area (Å²) in [5.41, 5.74) is 4.59. The lowest BCUT2D eigenvalue weighted by Gasteiger charge is -2.19. The van der Waals surface area contributed by atoms with Crippen LogP contribution < -0.4 is 10.0 Å². The van der Waals surface area contributed by atoms with E-state index in [4.69, 9.17) is 0 Å². The van der Waals surface area contributed by atoms with Gasteiger partial charge in [-0.15, -0.1) is 12.4 Å². The first-order valence-corrected chi connectivity index (χ1v) is 10.1. The third-order valence-electron chi connectivity index (χ3n) is 4.61. The van der Waals surface area contributed by atoms with Gasteiger partial charge >= 0.3 is 0 Å². The zero-order valence-corrected chi connectivity index (χ0v) is 16.3. The van der Waals surface area contributed by atoms with Gasteiger partial charge in [-0.1, -0.05) is 54.6 Å². The van der Waals surface area contributed by atoms with Crippen molar-refractivity contribution in [2.75, 3.05) is 11.3 Å². The second kappa shape index (κ2) is 8.13. The summed E-state index contributed by atoms with van der Waals surface area (Å²) in [6, 6.07) is 22.4. The molecular weight excluding hydrogens is 380 g/mol. The van der Waals surface area contributed by atoms with Crippen molar-refractivity contribution in [2.45, 2.75) is 17.9 Å². The number of fused-ring (bicyclic) bond motifs is 1. The minimum absolute atomic E-state index is 0. The minimum Gasteiger partial charge on any atom is -0.312 e. The van der Waals surface area contributed by atoms with Gasteiger partial charge in [0.25, 0.3) is 10.0 Å². The van der Waals surface area contributed by atoms with Crippen LogP contribution in [-0.2, 0) is 23.0 Å². The number of anilines is 1. The Labute approximate surface area is 166 Å². The van der Waals surface area contributed by atoms with Gasteiger partial charge in [0.1, 0.15) is 0 Å². The number of hydrogen-bond donors (Lipinski definition) is 2. The number of hydrogen-bond acceptors (Lipinski definition) is 3. The second-order valence-electron chi connectivity index (χ2n) is 6.38. The predicted octanol–water partition coefficient (Wildman–Crippen LogP) is 4.22. The van der Waals surface area contributed by atoms with Gasteiger partial charge in [0.15, 0.2) is 0 Å². The highest BCUT2D eigenvalue weighted by atomic mass is 35.5. The first-order chi connectivity index (χ1) is 12.6. The molecule has 0 amide bonds. The van der Waals surface area contributed by atoms with Crippen LogP contribution in [-0.4, -0.2) is 15.0 Å². The molecular formula is C21H21ClN2O2S. The van der Waals surface area contributed by atoms with Crippen LogP contribution in [0.3, 0.4) is 0 Å². The lowest BCUT2D eigenvalue weighted by molar-refractivity contribution is 0.601. The van der Waals surface area contributed by atoms with Gasteiger partial charge in [0.05, 0.1) is 4.90 Å². The molecule has 0 bridgehead atoms. The third-order valence-corrected chi connectivity index (χ3v) is 6.05. The summed E-state index contributed by atoms with van der Waals surface area (Å²) >= 11 is 0. The summed E-state index contributed by atoms with van der Waals surface area (Å²) < 4.78 is 28.8. The highest BCUT2D eigenvalue weighted by molar-refractivity contribution is 7.92. The van der Waals surface area contributed by atoms with Crippen LogP contribution in [0.2, 0.25) is 0 Å². The maximum Gasteiger partial charge on any atom is 0.262 e. The molecule has 4 nitrogen and oxygen atoms in total. The van der Waals surface area contributed by atoms with Crippen molar-refractivity contribution in [1.29, 1.82) is 0 Å². The average Bonchev–Trinajstić information content (AvgIpc) is 2.68. The van der Waals surface area contributed by atoms with Gasteiger partial charge in [-0.3, -0.25) is 4.72 Å². The van der Waals surface area contributed by atoms with Gasteiger partial charge in [0, 0.05) is 17.8 Å². The summed E-state index contributed by atoms with van der Waals surface area (Å²) in [7, 11) is -3.69. The predicted molar refractivity (Wildman–Crippen MR) is 112 cm³/mol. The molecule has 140 valence electrons. The standard InChI is InChI=1S/C21H20N2O2S.ClH/c24-26(25,23-19-11-10-16-12-13-22-15-18(16)14-19)21-9-5-4-8-20(21)17-6-2-1-3-7-17;/h1-11,14,22-23H,12-13,15H2;1H. The lowest BCUT2D eigenvalue weighted by atomic mass is 10.0. The van der Waals surface area contributed by atoms with E-state index in [1.54, 1.807) is 12.1 Å². The van der Waals surface area contributed by atoms with Crippen molar-refractivity contribution in [3.05, 3.63) is 83.9 Å². The Morgan fingerprint density at radius 1 is 0.852 bits per heavy atom. The van der Waals surface area contributed by atoms with E-state index in [2.05, 4.69) is 10.0 Å². The van der Waals surface area contributed by atoms with E-state index < -0.39 is 10.0 Å². The monoisotopic (exact) mass is 400 g/mol. The summed E-state index contributed by atoms with van der Waals surface area (Å²) in [6.07, 6.45) is 0.971. The number of halogens is 1. The average molecular weight is 401 g/mol. The maximum atomic E-state index is 13.0. The Kier molecular flexibility index (Phi) is 5.85. The van der Waals surface area contributed by atoms with E-state index in [9.17, 15) is 8.42 Å². The molecule has 1 heterocycles. The SMILES string of the molecule is Cl.O=S(=O)(Nc1ccc2c(c1)CNCC2)c1ccccc1-c1ccccc1. The van der Waals surface area contributed by atoms with E-state index >= 15 is 0 Å². The molecule has 1 aliphatic rings. The largest absolute Gasteiger partial charge is 0.312 e. The molecule has 3 aromatic rings. The van der Waals surface area contributed by atoms with Crippen LogP contribution in [0, 0.1) is 0 Å². The maximum absolute atomic E-state index is 13.0. The molecule has 0 atom stereocenters. The molecule has 0 aromatic heterocycles. The third kappa shape index (κ3) is 4.16. The molecule has 1 aliphatic heterocycles. The van der Waals surface area contributed by atoms with E-state index in [1.165, 1.54) is 5.56 Å². The molecule has 0 saturated carbocycles. The summed E-state index contributed by atoms with van der Waals surface area (Å²) in [5, 5.41) is 3.32. The Hall–Kier alpha value is -2.34. The van der Waals surface area contributed by atoms with E-state index in [1.807, 2.05) is 60.7 Å². The zero-order chi connectivity index (χ0) is 18.0. The van der Waals surface area contributed by atoms with Crippen molar-refractivity contribution in [3.8, 4) is 11.1 Å². The lowest BCUT2D eigenvalue weighted by Crippen LogP contribution is -2.23. The Balaban J connectivity index is 0.00000210. The quantitative estimate of drug-likeness (QED) is 0.689. The topological polar surface area (TPSA) is 58.2 Å². The fourth-order valence-corrected chi connectivity index (χ4v) is 4.59. The highest BCUT2D eigenvalue weighted by Gasteiger charge is 2.20. The second-order valence-corrected chi connectivity index (χ2v) is 8.03. The van der Waals surface area contributed by atoms with Crippen LogP contribution in [0.25, 0.3) is 11.1 Å². The van der Waals surface area contributed by atoms with Crippen LogP contribution in [0.15, 0.2) is 77.7 Å². The Morgan fingerprint density at radius 2 is 1.59 bits per heavy atom. The van der Waals surface area contributed by atoms with Crippen molar-refractivity contribution in [3.63, 3.8) is 0 Å².